The van der Waals surface area contributed by atoms with Gasteiger partial charge < -0.3 is 9.73 Å². The van der Waals surface area contributed by atoms with E-state index in [1.807, 2.05) is 61.6 Å². The third-order valence-corrected chi connectivity index (χ3v) is 7.20. The van der Waals surface area contributed by atoms with E-state index in [0.29, 0.717) is 41.8 Å². The molecule has 0 fully saturated rings. The summed E-state index contributed by atoms with van der Waals surface area (Å²) in [6, 6.07) is 22.2. The van der Waals surface area contributed by atoms with Crippen molar-refractivity contribution in [1.29, 1.82) is 0 Å². The highest BCUT2D eigenvalue weighted by Crippen LogP contribution is 2.27. The molecule has 1 aliphatic rings. The number of carbonyl (C=O) groups is 2. The van der Waals surface area contributed by atoms with Gasteiger partial charge in [0, 0.05) is 29.8 Å². The van der Waals surface area contributed by atoms with Crippen molar-refractivity contribution >= 4 is 22.7 Å². The number of fused-ring (bicyclic) bond motifs is 2. The standard InChI is InChI=1S/C31H30N2O4/c1-20-27(34)24-14-8-15-25(30(24)37-29(20)22-11-4-3-5-12-22)31(36)32-18-9-19-33(2)26-17-16-21-10-6-7-13-23(21)28(26)35/h3-8,10-15,26H,9,16-19H2,1-2H3,(H,32,36). The average molecular weight is 495 g/mol. The maximum Gasteiger partial charge on any atom is 0.255 e. The number of hydrogen-bond acceptors (Lipinski definition) is 5. The molecule has 1 aromatic heterocycles. The number of ketones is 1. The first-order valence-corrected chi connectivity index (χ1v) is 12.7. The summed E-state index contributed by atoms with van der Waals surface area (Å²) < 4.78 is 6.17. The Balaban J connectivity index is 1.26. The number of hydrogen-bond donors (Lipinski definition) is 1. The van der Waals surface area contributed by atoms with Crippen molar-refractivity contribution in [1.82, 2.24) is 10.2 Å². The first-order valence-electron chi connectivity index (χ1n) is 12.7. The van der Waals surface area contributed by atoms with Crippen LogP contribution in [0.25, 0.3) is 22.3 Å². The first-order chi connectivity index (χ1) is 18.0. The number of nitrogens with one attached hydrogen (secondary N) is 1. The summed E-state index contributed by atoms with van der Waals surface area (Å²) in [6.07, 6.45) is 2.39. The number of nitrogens with zero attached hydrogens (tertiary/aromatic N) is 1. The lowest BCUT2D eigenvalue weighted by atomic mass is 9.86. The van der Waals surface area contributed by atoms with E-state index in [0.717, 1.165) is 29.5 Å². The van der Waals surface area contributed by atoms with Gasteiger partial charge in [-0.15, -0.1) is 0 Å². The Morgan fingerprint density at radius 1 is 1.00 bits per heavy atom. The molecule has 1 heterocycles. The Labute approximate surface area is 215 Å². The molecule has 3 aromatic carbocycles. The predicted octanol–water partition coefficient (Wildman–Crippen LogP) is 5.02. The molecule has 4 aromatic rings. The van der Waals surface area contributed by atoms with Crippen LogP contribution in [0.3, 0.4) is 0 Å². The average Bonchev–Trinajstić information content (AvgIpc) is 2.93. The van der Waals surface area contributed by atoms with Crippen LogP contribution < -0.4 is 10.7 Å². The molecule has 1 amide bonds. The predicted molar refractivity (Wildman–Crippen MR) is 145 cm³/mol. The Kier molecular flexibility index (Phi) is 7.01. The van der Waals surface area contributed by atoms with Crippen LogP contribution in [0.15, 0.2) is 82.0 Å². The van der Waals surface area contributed by atoms with Crippen LogP contribution in [0.5, 0.6) is 0 Å². The van der Waals surface area contributed by atoms with Crippen LogP contribution in [0.4, 0.5) is 0 Å². The van der Waals surface area contributed by atoms with Crippen LogP contribution in [-0.2, 0) is 6.42 Å². The van der Waals surface area contributed by atoms with Crippen molar-refractivity contribution in [3.8, 4) is 11.3 Å². The molecular formula is C31H30N2O4. The third-order valence-electron chi connectivity index (χ3n) is 7.20. The quantitative estimate of drug-likeness (QED) is 0.365. The first kappa shape index (κ1) is 24.7. The summed E-state index contributed by atoms with van der Waals surface area (Å²) in [4.78, 5) is 41.2. The molecule has 6 heteroatoms. The van der Waals surface area contributed by atoms with Crippen LogP contribution in [0.2, 0.25) is 0 Å². The van der Waals surface area contributed by atoms with Gasteiger partial charge in [-0.2, -0.15) is 0 Å². The maximum absolute atomic E-state index is 13.1. The van der Waals surface area contributed by atoms with Crippen molar-refractivity contribution in [2.24, 2.45) is 0 Å². The number of carbonyl (C=O) groups excluding carboxylic acids is 2. The minimum Gasteiger partial charge on any atom is -0.455 e. The van der Waals surface area contributed by atoms with Gasteiger partial charge in [-0.3, -0.25) is 19.3 Å². The van der Waals surface area contributed by atoms with Gasteiger partial charge in [0.05, 0.1) is 17.0 Å². The van der Waals surface area contributed by atoms with E-state index in [9.17, 15) is 14.4 Å². The second-order valence-corrected chi connectivity index (χ2v) is 9.60. The van der Waals surface area contributed by atoms with Gasteiger partial charge in [0.2, 0.25) is 0 Å². The number of para-hydroxylation sites is 1. The second kappa shape index (κ2) is 10.5. The molecule has 0 aliphatic heterocycles. The van der Waals surface area contributed by atoms with Gasteiger partial charge in [-0.25, -0.2) is 0 Å². The van der Waals surface area contributed by atoms with Gasteiger partial charge in [0.1, 0.15) is 5.76 Å². The van der Waals surface area contributed by atoms with E-state index in [4.69, 9.17) is 4.42 Å². The molecule has 1 N–H and O–H groups in total. The molecule has 0 saturated heterocycles. The fraction of sp³-hybridized carbons (Fsp3) is 0.258. The Morgan fingerprint density at radius 2 is 1.76 bits per heavy atom. The minimum absolute atomic E-state index is 0.141. The Morgan fingerprint density at radius 3 is 2.57 bits per heavy atom. The van der Waals surface area contributed by atoms with Gasteiger partial charge in [0.15, 0.2) is 16.8 Å². The summed E-state index contributed by atoms with van der Waals surface area (Å²) in [5.41, 5.74) is 3.72. The molecule has 5 rings (SSSR count). The highest BCUT2D eigenvalue weighted by atomic mass is 16.3. The third kappa shape index (κ3) is 4.85. The van der Waals surface area contributed by atoms with Gasteiger partial charge >= 0.3 is 0 Å². The SMILES string of the molecule is Cc1c(-c2ccccc2)oc2c(C(=O)NCCCN(C)C3CCc4ccccc4C3=O)cccc2c1=O. The smallest absolute Gasteiger partial charge is 0.255 e. The number of amides is 1. The lowest BCUT2D eigenvalue weighted by molar-refractivity contribution is 0.0820. The fourth-order valence-electron chi connectivity index (χ4n) is 5.14. The zero-order valence-electron chi connectivity index (χ0n) is 21.1. The van der Waals surface area contributed by atoms with Crippen molar-refractivity contribution in [3.63, 3.8) is 0 Å². The molecule has 1 aliphatic carbocycles. The van der Waals surface area contributed by atoms with Gasteiger partial charge in [-0.1, -0.05) is 60.7 Å². The zero-order valence-corrected chi connectivity index (χ0v) is 21.1. The molecule has 0 saturated carbocycles. The van der Waals surface area contributed by atoms with E-state index < -0.39 is 0 Å². The second-order valence-electron chi connectivity index (χ2n) is 9.60. The zero-order chi connectivity index (χ0) is 25.9. The van der Waals surface area contributed by atoms with Crippen LogP contribution in [0, 0.1) is 6.92 Å². The summed E-state index contributed by atoms with van der Waals surface area (Å²) in [5.74, 6) is 0.351. The van der Waals surface area contributed by atoms with E-state index in [2.05, 4.69) is 10.2 Å². The number of Topliss-reactive ketones (excluding diaryl/α,β-unsaturated/α-hetero) is 1. The Bertz CT molecular complexity index is 1520. The number of benzene rings is 3. The molecule has 188 valence electrons. The van der Waals surface area contributed by atoms with E-state index in [-0.39, 0.29) is 28.7 Å². The highest BCUT2D eigenvalue weighted by Gasteiger charge is 2.29. The van der Waals surface area contributed by atoms with E-state index >= 15 is 0 Å². The number of likely N-dealkylation sites (N-methyl/N-ethyl adjacent to an activating group) is 1. The minimum atomic E-state index is -0.290. The molecule has 37 heavy (non-hydrogen) atoms. The van der Waals surface area contributed by atoms with Gasteiger partial charge in [-0.05, 0) is 50.9 Å². The van der Waals surface area contributed by atoms with E-state index in [1.165, 1.54) is 0 Å². The van der Waals surface area contributed by atoms with Crippen LogP contribution in [0.1, 0.15) is 44.7 Å². The molecule has 1 atom stereocenters. The molecule has 0 spiro atoms. The molecule has 6 nitrogen and oxygen atoms in total. The summed E-state index contributed by atoms with van der Waals surface area (Å²) in [7, 11) is 1.96. The largest absolute Gasteiger partial charge is 0.455 e. The highest BCUT2D eigenvalue weighted by molar-refractivity contribution is 6.05. The number of rotatable bonds is 7. The van der Waals surface area contributed by atoms with Crippen molar-refractivity contribution in [2.45, 2.75) is 32.2 Å². The molecule has 0 radical (unpaired) electrons. The molecule has 0 bridgehead atoms. The van der Waals surface area contributed by atoms with Crippen LogP contribution in [-0.4, -0.2) is 42.8 Å². The summed E-state index contributed by atoms with van der Waals surface area (Å²) in [6.45, 7) is 2.87. The topological polar surface area (TPSA) is 79.6 Å². The van der Waals surface area contributed by atoms with Gasteiger partial charge in [0.25, 0.3) is 5.91 Å². The number of aryl methyl sites for hydroxylation is 1. The fourth-order valence-corrected chi connectivity index (χ4v) is 5.14. The van der Waals surface area contributed by atoms with Crippen LogP contribution >= 0.6 is 0 Å². The van der Waals surface area contributed by atoms with Crippen molar-refractivity contribution in [2.75, 3.05) is 20.1 Å². The molecular weight excluding hydrogens is 464 g/mol. The summed E-state index contributed by atoms with van der Waals surface area (Å²) >= 11 is 0. The normalized spacial score (nSPS) is 15.1. The summed E-state index contributed by atoms with van der Waals surface area (Å²) in [5, 5.41) is 3.35. The van der Waals surface area contributed by atoms with Crippen molar-refractivity contribution < 1.29 is 14.0 Å². The maximum atomic E-state index is 13.1. The van der Waals surface area contributed by atoms with Crippen molar-refractivity contribution in [3.05, 3.63) is 105 Å². The monoisotopic (exact) mass is 494 g/mol. The van der Waals surface area contributed by atoms with E-state index in [1.54, 1.807) is 25.1 Å². The lowest BCUT2D eigenvalue weighted by Gasteiger charge is -2.31. The molecule has 1 unspecified atom stereocenters. The Hall–Kier alpha value is -4.03. The lowest BCUT2D eigenvalue weighted by Crippen LogP contribution is -2.42.